The Labute approximate surface area is 216 Å². The maximum absolute atomic E-state index is 11.8. The third-order valence-electron chi connectivity index (χ3n) is 8.92. The first-order chi connectivity index (χ1) is 17.6. The molecule has 1 amide bonds. The second kappa shape index (κ2) is 8.99. The van der Waals surface area contributed by atoms with Crippen molar-refractivity contribution in [1.82, 2.24) is 15.3 Å². The topological polar surface area (TPSA) is 87.4 Å². The first-order valence-electron chi connectivity index (χ1n) is 13.6. The highest BCUT2D eigenvalue weighted by atomic mass is 32.1. The standard InChI is InChI=1S/C28H34N6OS/c29-25(35)18-11-12-33(15-18)28-31-26(24-23(16-36-27(24)32-28)17-5-2-1-3-6-17)34-21-9-10-22(34)14-20(13-21)30-19-7-4-8-19/h1-3,5-6,16,18-22,30H,4,7-15H2,(H2,29,35). The third-order valence-corrected chi connectivity index (χ3v) is 9.79. The Kier molecular flexibility index (Phi) is 5.62. The maximum Gasteiger partial charge on any atom is 0.228 e. The molecule has 3 atom stereocenters. The average Bonchev–Trinajstić information content (AvgIpc) is 3.58. The van der Waals surface area contributed by atoms with Gasteiger partial charge in [-0.2, -0.15) is 4.98 Å². The Morgan fingerprint density at radius 2 is 1.78 bits per heavy atom. The molecule has 1 aromatic carbocycles. The molecule has 2 aromatic heterocycles. The van der Waals surface area contributed by atoms with Gasteiger partial charge >= 0.3 is 0 Å². The van der Waals surface area contributed by atoms with Gasteiger partial charge in [0.15, 0.2) is 0 Å². The summed E-state index contributed by atoms with van der Waals surface area (Å²) in [5.74, 6) is 1.49. The molecule has 2 bridgehead atoms. The zero-order valence-corrected chi connectivity index (χ0v) is 21.4. The number of nitrogens with zero attached hydrogens (tertiary/aromatic N) is 4. The molecule has 3 aromatic rings. The molecule has 8 heteroatoms. The van der Waals surface area contributed by atoms with E-state index in [4.69, 9.17) is 15.7 Å². The highest BCUT2D eigenvalue weighted by Gasteiger charge is 2.43. The highest BCUT2D eigenvalue weighted by Crippen LogP contribution is 2.46. The number of thiophene rings is 1. The van der Waals surface area contributed by atoms with Crippen molar-refractivity contribution in [2.24, 2.45) is 11.7 Å². The van der Waals surface area contributed by atoms with Crippen LogP contribution >= 0.6 is 11.3 Å². The molecule has 7 rings (SSSR count). The summed E-state index contributed by atoms with van der Waals surface area (Å²) in [5.41, 5.74) is 8.07. The number of hydrogen-bond donors (Lipinski definition) is 2. The lowest BCUT2D eigenvalue weighted by atomic mass is 9.89. The van der Waals surface area contributed by atoms with Crippen LogP contribution in [0.4, 0.5) is 11.8 Å². The van der Waals surface area contributed by atoms with Gasteiger partial charge < -0.3 is 20.9 Å². The van der Waals surface area contributed by atoms with Crippen LogP contribution in [0.3, 0.4) is 0 Å². The van der Waals surface area contributed by atoms with Crippen LogP contribution in [0.15, 0.2) is 35.7 Å². The van der Waals surface area contributed by atoms with E-state index in [9.17, 15) is 4.79 Å². The number of nitrogens with two attached hydrogens (primary N) is 1. The monoisotopic (exact) mass is 502 g/mol. The molecular weight excluding hydrogens is 468 g/mol. The van der Waals surface area contributed by atoms with Crippen LogP contribution in [0.1, 0.15) is 51.4 Å². The predicted octanol–water partition coefficient (Wildman–Crippen LogP) is 4.31. The molecule has 5 heterocycles. The van der Waals surface area contributed by atoms with E-state index in [0.29, 0.717) is 24.7 Å². The van der Waals surface area contributed by atoms with Gasteiger partial charge in [-0.3, -0.25) is 4.79 Å². The summed E-state index contributed by atoms with van der Waals surface area (Å²) < 4.78 is 0. The minimum atomic E-state index is -0.222. The van der Waals surface area contributed by atoms with E-state index in [-0.39, 0.29) is 11.8 Å². The number of nitrogens with one attached hydrogen (secondary N) is 1. The van der Waals surface area contributed by atoms with Gasteiger partial charge in [0.05, 0.1) is 11.3 Å². The number of aromatic nitrogens is 2. The molecule has 0 spiro atoms. The SMILES string of the molecule is NC(=O)C1CCN(c2nc(N3C4CCC3CC(NC3CCC3)C4)c3c(-c4ccccc4)csc3n2)C1. The Morgan fingerprint density at radius 1 is 1.00 bits per heavy atom. The summed E-state index contributed by atoms with van der Waals surface area (Å²) in [6, 6.07) is 13.0. The lowest BCUT2D eigenvalue weighted by molar-refractivity contribution is -0.121. The molecule has 188 valence electrons. The Balaban J connectivity index is 1.29. The minimum absolute atomic E-state index is 0.125. The summed E-state index contributed by atoms with van der Waals surface area (Å²) in [6.45, 7) is 1.38. The summed E-state index contributed by atoms with van der Waals surface area (Å²) in [5, 5.41) is 7.38. The van der Waals surface area contributed by atoms with Crippen molar-refractivity contribution in [2.45, 2.75) is 75.5 Å². The molecule has 7 nitrogen and oxygen atoms in total. The van der Waals surface area contributed by atoms with Crippen molar-refractivity contribution in [3.63, 3.8) is 0 Å². The van der Waals surface area contributed by atoms with Crippen LogP contribution in [0, 0.1) is 5.92 Å². The van der Waals surface area contributed by atoms with Crippen molar-refractivity contribution in [3.8, 4) is 11.1 Å². The molecule has 1 saturated carbocycles. The largest absolute Gasteiger partial charge is 0.369 e. The van der Waals surface area contributed by atoms with Gasteiger partial charge in [-0.25, -0.2) is 4.98 Å². The summed E-state index contributed by atoms with van der Waals surface area (Å²) in [7, 11) is 0. The second-order valence-corrected chi connectivity index (χ2v) is 12.0. The van der Waals surface area contributed by atoms with E-state index in [1.54, 1.807) is 11.3 Å². The Bertz CT molecular complexity index is 1260. The van der Waals surface area contributed by atoms with Gasteiger partial charge in [0, 0.05) is 48.2 Å². The van der Waals surface area contributed by atoms with E-state index < -0.39 is 0 Å². The number of piperidine rings is 1. The van der Waals surface area contributed by atoms with Crippen LogP contribution in [0.5, 0.6) is 0 Å². The number of rotatable bonds is 6. The first kappa shape index (κ1) is 22.5. The highest BCUT2D eigenvalue weighted by molar-refractivity contribution is 7.17. The number of amides is 1. The number of anilines is 2. The molecular formula is C28H34N6OS. The van der Waals surface area contributed by atoms with Crippen molar-refractivity contribution < 1.29 is 4.79 Å². The first-order valence-corrected chi connectivity index (χ1v) is 14.5. The van der Waals surface area contributed by atoms with Crippen LogP contribution in [0.2, 0.25) is 0 Å². The Morgan fingerprint density at radius 3 is 2.44 bits per heavy atom. The molecule has 36 heavy (non-hydrogen) atoms. The second-order valence-electron chi connectivity index (χ2n) is 11.1. The molecule has 4 aliphatic rings. The third kappa shape index (κ3) is 3.86. The van der Waals surface area contributed by atoms with Gasteiger partial charge in [-0.05, 0) is 50.5 Å². The van der Waals surface area contributed by atoms with E-state index >= 15 is 0 Å². The number of carbonyl (C=O) groups is 1. The summed E-state index contributed by atoms with van der Waals surface area (Å²) in [6.07, 6.45) is 9.65. The summed E-state index contributed by atoms with van der Waals surface area (Å²) >= 11 is 1.70. The van der Waals surface area contributed by atoms with Crippen LogP contribution < -0.4 is 20.9 Å². The molecule has 3 N–H and O–H groups in total. The van der Waals surface area contributed by atoms with Gasteiger partial charge in [0.2, 0.25) is 11.9 Å². The fraction of sp³-hybridized carbons (Fsp3) is 0.536. The van der Waals surface area contributed by atoms with Crippen molar-refractivity contribution in [3.05, 3.63) is 35.7 Å². The van der Waals surface area contributed by atoms with Crippen molar-refractivity contribution in [2.75, 3.05) is 22.9 Å². The summed E-state index contributed by atoms with van der Waals surface area (Å²) in [4.78, 5) is 28.0. The molecule has 4 fully saturated rings. The van der Waals surface area contributed by atoms with Gasteiger partial charge in [-0.15, -0.1) is 11.3 Å². The maximum atomic E-state index is 11.8. The predicted molar refractivity (Wildman–Crippen MR) is 145 cm³/mol. The number of primary amides is 1. The quantitative estimate of drug-likeness (QED) is 0.522. The molecule has 3 saturated heterocycles. The number of carbonyl (C=O) groups excluding carboxylic acids is 1. The van der Waals surface area contributed by atoms with Crippen LogP contribution in [0.25, 0.3) is 21.3 Å². The molecule has 1 aliphatic carbocycles. The average molecular weight is 503 g/mol. The van der Waals surface area contributed by atoms with E-state index in [1.165, 1.54) is 61.5 Å². The van der Waals surface area contributed by atoms with E-state index in [2.05, 4.69) is 50.8 Å². The fourth-order valence-corrected chi connectivity index (χ4v) is 7.75. The fourth-order valence-electron chi connectivity index (χ4n) is 6.81. The van der Waals surface area contributed by atoms with Gasteiger partial charge in [0.25, 0.3) is 0 Å². The number of benzene rings is 1. The van der Waals surface area contributed by atoms with Crippen LogP contribution in [-0.2, 0) is 4.79 Å². The van der Waals surface area contributed by atoms with Crippen LogP contribution in [-0.4, -0.2) is 53.1 Å². The van der Waals surface area contributed by atoms with Crippen molar-refractivity contribution >= 4 is 39.2 Å². The molecule has 0 radical (unpaired) electrons. The zero-order valence-electron chi connectivity index (χ0n) is 20.6. The van der Waals surface area contributed by atoms with Gasteiger partial charge in [0.1, 0.15) is 10.6 Å². The molecule has 3 aliphatic heterocycles. The normalized spacial score (nSPS) is 28.1. The lowest BCUT2D eigenvalue weighted by Crippen LogP contribution is -2.53. The molecule has 3 unspecified atom stereocenters. The zero-order chi connectivity index (χ0) is 24.2. The lowest BCUT2D eigenvalue weighted by Gasteiger charge is -2.43. The number of fused-ring (bicyclic) bond motifs is 3. The number of hydrogen-bond acceptors (Lipinski definition) is 7. The smallest absolute Gasteiger partial charge is 0.228 e. The van der Waals surface area contributed by atoms with Crippen molar-refractivity contribution in [1.29, 1.82) is 0 Å². The minimum Gasteiger partial charge on any atom is -0.369 e. The van der Waals surface area contributed by atoms with E-state index in [0.717, 1.165) is 35.6 Å². The van der Waals surface area contributed by atoms with Gasteiger partial charge in [-0.1, -0.05) is 36.8 Å². The Hall–Kier alpha value is -2.71. The van der Waals surface area contributed by atoms with E-state index in [1.807, 2.05) is 0 Å².